The number of para-hydroxylation sites is 1. The molecular weight excluding hydrogens is 478 g/mol. The van der Waals surface area contributed by atoms with E-state index >= 15 is 0 Å². The molecule has 1 N–H and O–H groups in total. The maximum Gasteiger partial charge on any atom is 0.336 e. The topological polar surface area (TPSA) is 82.3 Å². The van der Waals surface area contributed by atoms with Crippen LogP contribution in [0.1, 0.15) is 16.7 Å². The standard InChI is InChI=1S/C31H27N3O4/c1-21-10-14-24(15-11-21)32-29(35)19-22-12-16-25(17-13-22)34-30(36)27-8-3-4-9-28(27)33(31(34)37)20-23-6-5-7-26(18-23)38-2/h3-18H,19-20H2,1-2H3,(H,32,35). The molecule has 0 fully saturated rings. The zero-order chi connectivity index (χ0) is 26.6. The summed E-state index contributed by atoms with van der Waals surface area (Å²) in [4.78, 5) is 39.6. The lowest BCUT2D eigenvalue weighted by Gasteiger charge is -2.15. The average Bonchev–Trinajstić information content (AvgIpc) is 2.93. The molecule has 0 saturated heterocycles. The van der Waals surface area contributed by atoms with Gasteiger partial charge in [0.15, 0.2) is 0 Å². The number of methoxy groups -OCH3 is 1. The molecule has 5 rings (SSSR count). The molecule has 5 aromatic rings. The molecule has 1 amide bonds. The van der Waals surface area contributed by atoms with Crippen LogP contribution < -0.4 is 21.3 Å². The van der Waals surface area contributed by atoms with Gasteiger partial charge in [0.25, 0.3) is 5.56 Å². The summed E-state index contributed by atoms with van der Waals surface area (Å²) < 4.78 is 8.10. The number of hydrogen-bond acceptors (Lipinski definition) is 4. The molecule has 38 heavy (non-hydrogen) atoms. The minimum Gasteiger partial charge on any atom is -0.497 e. The van der Waals surface area contributed by atoms with Gasteiger partial charge in [-0.3, -0.25) is 14.2 Å². The second-order valence-corrected chi connectivity index (χ2v) is 9.14. The largest absolute Gasteiger partial charge is 0.497 e. The first kappa shape index (κ1) is 24.8. The molecule has 0 radical (unpaired) electrons. The SMILES string of the molecule is COc1cccc(Cn2c(=O)n(-c3ccc(CC(=O)Nc4ccc(C)cc4)cc3)c(=O)c3ccccc32)c1. The van der Waals surface area contributed by atoms with Crippen molar-refractivity contribution in [1.29, 1.82) is 0 Å². The number of anilines is 1. The highest BCUT2D eigenvalue weighted by Gasteiger charge is 2.15. The van der Waals surface area contributed by atoms with Crippen LogP contribution in [0.2, 0.25) is 0 Å². The van der Waals surface area contributed by atoms with Crippen LogP contribution in [0.3, 0.4) is 0 Å². The Balaban J connectivity index is 1.47. The molecule has 4 aromatic carbocycles. The van der Waals surface area contributed by atoms with E-state index in [1.807, 2.05) is 61.5 Å². The Morgan fingerprint density at radius 1 is 0.842 bits per heavy atom. The summed E-state index contributed by atoms with van der Waals surface area (Å²) in [5.74, 6) is 0.542. The lowest BCUT2D eigenvalue weighted by Crippen LogP contribution is -2.39. The molecule has 7 nitrogen and oxygen atoms in total. The minimum atomic E-state index is -0.443. The number of carbonyl (C=O) groups excluding carboxylic acids is 1. The molecule has 190 valence electrons. The third-order valence-corrected chi connectivity index (χ3v) is 6.42. The molecule has 0 saturated carbocycles. The zero-order valence-electron chi connectivity index (χ0n) is 21.2. The molecule has 0 bridgehead atoms. The van der Waals surface area contributed by atoms with Crippen molar-refractivity contribution < 1.29 is 9.53 Å². The number of aromatic nitrogens is 2. The van der Waals surface area contributed by atoms with Crippen LogP contribution in [0.25, 0.3) is 16.6 Å². The van der Waals surface area contributed by atoms with E-state index < -0.39 is 11.2 Å². The van der Waals surface area contributed by atoms with Crippen molar-refractivity contribution in [2.45, 2.75) is 19.9 Å². The number of benzene rings is 4. The Hall–Kier alpha value is -4.91. The lowest BCUT2D eigenvalue weighted by molar-refractivity contribution is -0.115. The van der Waals surface area contributed by atoms with E-state index in [2.05, 4.69) is 5.32 Å². The maximum absolute atomic E-state index is 13.7. The van der Waals surface area contributed by atoms with Crippen molar-refractivity contribution in [3.05, 3.63) is 135 Å². The number of nitrogens with one attached hydrogen (secondary N) is 1. The third-order valence-electron chi connectivity index (χ3n) is 6.42. The normalized spacial score (nSPS) is 10.9. The number of fused-ring (bicyclic) bond motifs is 1. The van der Waals surface area contributed by atoms with Gasteiger partial charge in [-0.25, -0.2) is 9.36 Å². The molecule has 7 heteroatoms. The van der Waals surface area contributed by atoms with Gasteiger partial charge in [-0.2, -0.15) is 0 Å². The van der Waals surface area contributed by atoms with Gasteiger partial charge in [0, 0.05) is 5.69 Å². The summed E-state index contributed by atoms with van der Waals surface area (Å²) in [5, 5.41) is 3.33. The van der Waals surface area contributed by atoms with Gasteiger partial charge in [0.05, 0.1) is 36.7 Å². The first-order valence-electron chi connectivity index (χ1n) is 12.3. The van der Waals surface area contributed by atoms with Crippen molar-refractivity contribution in [3.8, 4) is 11.4 Å². The van der Waals surface area contributed by atoms with Gasteiger partial charge in [0.1, 0.15) is 5.75 Å². The van der Waals surface area contributed by atoms with Gasteiger partial charge in [-0.05, 0) is 66.6 Å². The summed E-state index contributed by atoms with van der Waals surface area (Å²) >= 11 is 0. The summed E-state index contributed by atoms with van der Waals surface area (Å²) in [6.07, 6.45) is 0.168. The highest BCUT2D eigenvalue weighted by molar-refractivity contribution is 5.92. The van der Waals surface area contributed by atoms with E-state index in [9.17, 15) is 14.4 Å². The first-order chi connectivity index (χ1) is 18.4. The molecule has 1 heterocycles. The quantitative estimate of drug-likeness (QED) is 0.348. The van der Waals surface area contributed by atoms with E-state index in [1.165, 1.54) is 4.57 Å². The fraction of sp³-hybridized carbons (Fsp3) is 0.129. The van der Waals surface area contributed by atoms with Gasteiger partial charge in [-0.1, -0.05) is 54.1 Å². The number of rotatable bonds is 7. The Morgan fingerprint density at radius 3 is 2.32 bits per heavy atom. The Labute approximate surface area is 219 Å². The van der Waals surface area contributed by atoms with Crippen molar-refractivity contribution in [2.75, 3.05) is 12.4 Å². The van der Waals surface area contributed by atoms with Crippen molar-refractivity contribution in [3.63, 3.8) is 0 Å². The highest BCUT2D eigenvalue weighted by atomic mass is 16.5. The molecule has 1 aromatic heterocycles. The smallest absolute Gasteiger partial charge is 0.336 e. The lowest BCUT2D eigenvalue weighted by atomic mass is 10.1. The average molecular weight is 506 g/mol. The second kappa shape index (κ2) is 10.6. The first-order valence-corrected chi connectivity index (χ1v) is 12.3. The van der Waals surface area contributed by atoms with Crippen LogP contribution in [-0.4, -0.2) is 22.2 Å². The van der Waals surface area contributed by atoms with Crippen LogP contribution in [0, 0.1) is 6.92 Å². The summed E-state index contributed by atoms with van der Waals surface area (Å²) in [5.41, 5.74) is 3.65. The Kier molecular flexibility index (Phi) is 6.91. The monoisotopic (exact) mass is 505 g/mol. The Bertz CT molecular complexity index is 1730. The fourth-order valence-electron chi connectivity index (χ4n) is 4.45. The van der Waals surface area contributed by atoms with E-state index in [0.29, 0.717) is 22.3 Å². The number of amides is 1. The van der Waals surface area contributed by atoms with Crippen LogP contribution in [0.4, 0.5) is 5.69 Å². The van der Waals surface area contributed by atoms with Gasteiger partial charge >= 0.3 is 5.69 Å². The minimum absolute atomic E-state index is 0.148. The molecule has 0 aliphatic carbocycles. The van der Waals surface area contributed by atoms with Gasteiger partial charge in [0.2, 0.25) is 5.91 Å². The molecule has 0 unspecified atom stereocenters. The second-order valence-electron chi connectivity index (χ2n) is 9.14. The van der Waals surface area contributed by atoms with E-state index in [4.69, 9.17) is 4.74 Å². The summed E-state index contributed by atoms with van der Waals surface area (Å²) in [6.45, 7) is 2.26. The fourth-order valence-corrected chi connectivity index (χ4v) is 4.45. The van der Waals surface area contributed by atoms with Crippen molar-refractivity contribution in [1.82, 2.24) is 9.13 Å². The number of carbonyl (C=O) groups is 1. The maximum atomic E-state index is 13.7. The summed E-state index contributed by atoms with van der Waals surface area (Å²) in [6, 6.07) is 29.1. The highest BCUT2D eigenvalue weighted by Crippen LogP contribution is 2.17. The van der Waals surface area contributed by atoms with Crippen LogP contribution in [-0.2, 0) is 17.8 Å². The van der Waals surface area contributed by atoms with Gasteiger partial charge < -0.3 is 10.1 Å². The Morgan fingerprint density at radius 2 is 1.58 bits per heavy atom. The van der Waals surface area contributed by atoms with Gasteiger partial charge in [-0.15, -0.1) is 0 Å². The number of nitrogens with zero attached hydrogens (tertiary/aromatic N) is 2. The van der Waals surface area contributed by atoms with Crippen LogP contribution in [0.5, 0.6) is 5.75 Å². The predicted molar refractivity (Wildman–Crippen MR) is 149 cm³/mol. The third kappa shape index (κ3) is 5.13. The zero-order valence-corrected chi connectivity index (χ0v) is 21.2. The molecule has 0 spiro atoms. The molecule has 0 aliphatic heterocycles. The number of aryl methyl sites for hydroxylation is 1. The predicted octanol–water partition coefficient (Wildman–Crippen LogP) is 4.70. The molecule has 0 aliphatic rings. The number of hydrogen-bond donors (Lipinski definition) is 1. The number of ether oxygens (including phenoxy) is 1. The van der Waals surface area contributed by atoms with E-state index in [-0.39, 0.29) is 18.9 Å². The molecule has 0 atom stereocenters. The van der Waals surface area contributed by atoms with Crippen LogP contribution in [0.15, 0.2) is 107 Å². The van der Waals surface area contributed by atoms with Crippen LogP contribution >= 0.6 is 0 Å². The van der Waals surface area contributed by atoms with Crippen molar-refractivity contribution in [2.24, 2.45) is 0 Å². The summed E-state index contributed by atoms with van der Waals surface area (Å²) in [7, 11) is 1.59. The van der Waals surface area contributed by atoms with Crippen molar-refractivity contribution >= 4 is 22.5 Å². The van der Waals surface area contributed by atoms with E-state index in [1.54, 1.807) is 54.1 Å². The molecular formula is C31H27N3O4. The van der Waals surface area contributed by atoms with E-state index in [0.717, 1.165) is 22.4 Å².